The van der Waals surface area contributed by atoms with Gasteiger partial charge in [0.1, 0.15) is 18.5 Å². The molecule has 19 heavy (non-hydrogen) atoms. The van der Waals surface area contributed by atoms with E-state index in [1.807, 2.05) is 42.5 Å². The molecule has 1 unspecified atom stereocenters. The minimum Gasteiger partial charge on any atom is -0.490 e. The molecule has 0 aromatic heterocycles. The Morgan fingerprint density at radius 1 is 1.05 bits per heavy atom. The van der Waals surface area contributed by atoms with E-state index in [1.165, 1.54) is 0 Å². The van der Waals surface area contributed by atoms with Gasteiger partial charge in [0.15, 0.2) is 5.78 Å². The Hall–Kier alpha value is -2.13. The molecule has 94 valence electrons. The maximum atomic E-state index is 12.5. The van der Waals surface area contributed by atoms with Gasteiger partial charge in [0.2, 0.25) is 0 Å². The smallest absolute Gasteiger partial charge is 0.198 e. The molecule has 0 N–H and O–H groups in total. The van der Waals surface area contributed by atoms with E-state index in [0.29, 0.717) is 17.9 Å². The van der Waals surface area contributed by atoms with Crippen LogP contribution in [0.4, 0.5) is 0 Å². The van der Waals surface area contributed by atoms with Crippen molar-refractivity contribution in [3.8, 4) is 16.9 Å². The Bertz CT molecular complexity index is 671. The summed E-state index contributed by atoms with van der Waals surface area (Å²) in [7, 11) is 0. The van der Waals surface area contributed by atoms with E-state index in [2.05, 4.69) is 0 Å². The standard InChI is InChI=1S/C16H12O3/c17-16-13-5-2-1-4-11(13)12-6-3-7-14(15(12)16)19-9-10-8-18-10/h1-7,10H,8-9H2. The van der Waals surface area contributed by atoms with Gasteiger partial charge in [-0.05, 0) is 17.2 Å². The lowest BCUT2D eigenvalue weighted by Crippen LogP contribution is -2.07. The normalized spacial score (nSPS) is 18.9. The Labute approximate surface area is 110 Å². The number of benzene rings is 2. The zero-order valence-electron chi connectivity index (χ0n) is 10.3. The second-order valence-electron chi connectivity index (χ2n) is 4.82. The third-order valence-corrected chi connectivity index (χ3v) is 3.54. The fourth-order valence-corrected chi connectivity index (χ4v) is 2.51. The molecule has 2 aromatic carbocycles. The van der Waals surface area contributed by atoms with Crippen molar-refractivity contribution >= 4 is 5.78 Å². The first-order valence-corrected chi connectivity index (χ1v) is 6.36. The molecule has 1 saturated heterocycles. The third-order valence-electron chi connectivity index (χ3n) is 3.54. The second kappa shape index (κ2) is 3.93. The van der Waals surface area contributed by atoms with Crippen molar-refractivity contribution in [1.29, 1.82) is 0 Å². The molecule has 4 rings (SSSR count). The van der Waals surface area contributed by atoms with Crippen LogP contribution < -0.4 is 4.74 Å². The number of ketones is 1. The molecule has 0 radical (unpaired) electrons. The summed E-state index contributed by atoms with van der Waals surface area (Å²) >= 11 is 0. The summed E-state index contributed by atoms with van der Waals surface area (Å²) in [5.74, 6) is 0.715. The van der Waals surface area contributed by atoms with Crippen LogP contribution in [0.2, 0.25) is 0 Å². The lowest BCUT2D eigenvalue weighted by atomic mass is 10.1. The summed E-state index contributed by atoms with van der Waals surface area (Å²) < 4.78 is 10.9. The molecule has 0 amide bonds. The molecule has 1 heterocycles. The number of ether oxygens (including phenoxy) is 2. The predicted octanol–water partition coefficient (Wildman–Crippen LogP) is 2.68. The predicted molar refractivity (Wildman–Crippen MR) is 70.5 cm³/mol. The van der Waals surface area contributed by atoms with E-state index in [1.54, 1.807) is 0 Å². The zero-order chi connectivity index (χ0) is 12.8. The first-order chi connectivity index (χ1) is 9.34. The van der Waals surface area contributed by atoms with E-state index in [0.717, 1.165) is 23.3 Å². The maximum Gasteiger partial charge on any atom is 0.198 e. The molecular formula is C16H12O3. The highest BCUT2D eigenvalue weighted by Crippen LogP contribution is 2.41. The van der Waals surface area contributed by atoms with E-state index in [-0.39, 0.29) is 11.9 Å². The molecule has 0 saturated carbocycles. The van der Waals surface area contributed by atoms with Crippen LogP contribution in [0.5, 0.6) is 5.75 Å². The first-order valence-electron chi connectivity index (χ1n) is 6.36. The Kier molecular flexibility index (Phi) is 2.23. The highest BCUT2D eigenvalue weighted by Gasteiger charge is 2.30. The van der Waals surface area contributed by atoms with E-state index in [9.17, 15) is 4.79 Å². The van der Waals surface area contributed by atoms with E-state index < -0.39 is 0 Å². The first kappa shape index (κ1) is 10.8. The summed E-state index contributed by atoms with van der Waals surface area (Å²) in [5, 5.41) is 0. The van der Waals surface area contributed by atoms with E-state index >= 15 is 0 Å². The van der Waals surface area contributed by atoms with E-state index in [4.69, 9.17) is 9.47 Å². The maximum absolute atomic E-state index is 12.5. The topological polar surface area (TPSA) is 38.8 Å². The molecule has 2 aromatic rings. The number of carbonyl (C=O) groups is 1. The van der Waals surface area contributed by atoms with Crippen molar-refractivity contribution in [2.75, 3.05) is 13.2 Å². The molecule has 1 atom stereocenters. The number of hydrogen-bond donors (Lipinski definition) is 0. The quantitative estimate of drug-likeness (QED) is 0.673. The van der Waals surface area contributed by atoms with Crippen molar-refractivity contribution < 1.29 is 14.3 Å². The highest BCUT2D eigenvalue weighted by molar-refractivity contribution is 6.23. The molecule has 3 nitrogen and oxygen atoms in total. The summed E-state index contributed by atoms with van der Waals surface area (Å²) in [4.78, 5) is 12.5. The zero-order valence-corrected chi connectivity index (χ0v) is 10.3. The molecule has 3 heteroatoms. The Morgan fingerprint density at radius 3 is 2.58 bits per heavy atom. The molecular weight excluding hydrogens is 240 g/mol. The highest BCUT2D eigenvalue weighted by atomic mass is 16.6. The number of fused-ring (bicyclic) bond motifs is 3. The van der Waals surface area contributed by atoms with Crippen LogP contribution in [-0.2, 0) is 4.74 Å². The summed E-state index contributed by atoms with van der Waals surface area (Å²) in [5.41, 5.74) is 3.41. The van der Waals surface area contributed by atoms with Gasteiger partial charge in [-0.3, -0.25) is 4.79 Å². The fourth-order valence-electron chi connectivity index (χ4n) is 2.51. The van der Waals surface area contributed by atoms with Crippen LogP contribution in [0.15, 0.2) is 42.5 Å². The second-order valence-corrected chi connectivity index (χ2v) is 4.82. The van der Waals surface area contributed by atoms with Crippen molar-refractivity contribution in [3.05, 3.63) is 53.6 Å². The van der Waals surface area contributed by atoms with Crippen molar-refractivity contribution in [1.82, 2.24) is 0 Å². The molecule has 0 bridgehead atoms. The Balaban J connectivity index is 1.79. The van der Waals surface area contributed by atoms with Crippen molar-refractivity contribution in [2.24, 2.45) is 0 Å². The van der Waals surface area contributed by atoms with Crippen LogP contribution in [0.1, 0.15) is 15.9 Å². The lowest BCUT2D eigenvalue weighted by Gasteiger charge is -2.08. The molecule has 1 fully saturated rings. The van der Waals surface area contributed by atoms with Crippen LogP contribution >= 0.6 is 0 Å². The average Bonchev–Trinajstić information content (AvgIpc) is 3.24. The SMILES string of the molecule is O=C1c2ccccc2-c2cccc(OCC3CO3)c21. The molecule has 0 spiro atoms. The van der Waals surface area contributed by atoms with Crippen LogP contribution in [0, 0.1) is 0 Å². The monoisotopic (exact) mass is 252 g/mol. The van der Waals surface area contributed by atoms with Gasteiger partial charge in [-0.25, -0.2) is 0 Å². The van der Waals surface area contributed by atoms with Crippen LogP contribution in [0.25, 0.3) is 11.1 Å². The molecule has 2 aliphatic rings. The summed E-state index contributed by atoms with van der Waals surface area (Å²) in [6.07, 6.45) is 0.190. The molecule has 1 aliphatic carbocycles. The van der Waals surface area contributed by atoms with Crippen LogP contribution in [0.3, 0.4) is 0 Å². The van der Waals surface area contributed by atoms with Gasteiger partial charge >= 0.3 is 0 Å². The van der Waals surface area contributed by atoms with Crippen molar-refractivity contribution in [3.63, 3.8) is 0 Å². The third kappa shape index (κ3) is 1.66. The van der Waals surface area contributed by atoms with Gasteiger partial charge in [-0.1, -0.05) is 36.4 Å². The fraction of sp³-hybridized carbons (Fsp3) is 0.188. The van der Waals surface area contributed by atoms with Gasteiger partial charge in [-0.2, -0.15) is 0 Å². The lowest BCUT2D eigenvalue weighted by molar-refractivity contribution is 0.103. The largest absolute Gasteiger partial charge is 0.490 e. The van der Waals surface area contributed by atoms with Gasteiger partial charge in [0.25, 0.3) is 0 Å². The van der Waals surface area contributed by atoms with Gasteiger partial charge in [-0.15, -0.1) is 0 Å². The summed E-state index contributed by atoms with van der Waals surface area (Å²) in [6.45, 7) is 1.27. The van der Waals surface area contributed by atoms with Gasteiger partial charge < -0.3 is 9.47 Å². The van der Waals surface area contributed by atoms with Crippen molar-refractivity contribution in [2.45, 2.75) is 6.10 Å². The summed E-state index contributed by atoms with van der Waals surface area (Å²) in [6, 6.07) is 13.4. The minimum atomic E-state index is 0.0536. The van der Waals surface area contributed by atoms with Crippen LogP contribution in [-0.4, -0.2) is 25.1 Å². The number of rotatable bonds is 3. The number of epoxide rings is 1. The molecule has 1 aliphatic heterocycles. The van der Waals surface area contributed by atoms with Gasteiger partial charge in [0, 0.05) is 5.56 Å². The van der Waals surface area contributed by atoms with Gasteiger partial charge in [0.05, 0.1) is 12.2 Å². The minimum absolute atomic E-state index is 0.0536. The Morgan fingerprint density at radius 2 is 1.79 bits per heavy atom. The number of hydrogen-bond acceptors (Lipinski definition) is 3. The average molecular weight is 252 g/mol. The number of carbonyl (C=O) groups excluding carboxylic acids is 1.